The minimum atomic E-state index is -0.649. The summed E-state index contributed by atoms with van der Waals surface area (Å²) in [6.45, 7) is 0.308. The SMILES string of the molecule is COc1cc(C(=O)Nc2cccc(-c3noc(=O)[nH]3)c2)ccc1OCc1cscn1. The molecule has 30 heavy (non-hydrogen) atoms. The summed E-state index contributed by atoms with van der Waals surface area (Å²) in [4.78, 5) is 30.5. The van der Waals surface area contributed by atoms with Crippen LogP contribution in [0.5, 0.6) is 11.5 Å². The average molecular weight is 424 g/mol. The van der Waals surface area contributed by atoms with Crippen LogP contribution in [0.3, 0.4) is 0 Å². The van der Waals surface area contributed by atoms with Crippen molar-refractivity contribution in [1.82, 2.24) is 15.1 Å². The van der Waals surface area contributed by atoms with Gasteiger partial charge in [0, 0.05) is 22.2 Å². The number of carbonyl (C=O) groups excluding carboxylic acids is 1. The second-order valence-corrected chi connectivity index (χ2v) is 6.83. The van der Waals surface area contributed by atoms with Crippen LogP contribution in [0, 0.1) is 0 Å². The number of aromatic amines is 1. The Labute approximate surface area is 174 Å². The first-order valence-electron chi connectivity index (χ1n) is 8.78. The van der Waals surface area contributed by atoms with E-state index >= 15 is 0 Å². The van der Waals surface area contributed by atoms with Gasteiger partial charge in [-0.2, -0.15) is 0 Å². The number of aromatic nitrogens is 3. The molecule has 0 atom stereocenters. The van der Waals surface area contributed by atoms with Gasteiger partial charge in [0.15, 0.2) is 17.3 Å². The molecule has 0 aliphatic carbocycles. The minimum absolute atomic E-state index is 0.277. The van der Waals surface area contributed by atoms with Crippen LogP contribution < -0.4 is 20.5 Å². The second-order valence-electron chi connectivity index (χ2n) is 6.11. The fourth-order valence-corrected chi connectivity index (χ4v) is 3.23. The zero-order chi connectivity index (χ0) is 20.9. The molecule has 9 nitrogen and oxygen atoms in total. The van der Waals surface area contributed by atoms with Gasteiger partial charge in [-0.25, -0.2) is 9.78 Å². The van der Waals surface area contributed by atoms with Gasteiger partial charge in [0.1, 0.15) is 6.61 Å². The fourth-order valence-electron chi connectivity index (χ4n) is 2.69. The van der Waals surface area contributed by atoms with Crippen molar-refractivity contribution in [3.63, 3.8) is 0 Å². The van der Waals surface area contributed by atoms with Gasteiger partial charge in [0.2, 0.25) is 0 Å². The van der Waals surface area contributed by atoms with Crippen molar-refractivity contribution in [3.8, 4) is 22.9 Å². The number of ether oxygens (including phenoxy) is 2. The number of nitrogens with zero attached hydrogens (tertiary/aromatic N) is 2. The van der Waals surface area contributed by atoms with Gasteiger partial charge in [0.25, 0.3) is 5.91 Å². The summed E-state index contributed by atoms with van der Waals surface area (Å²) in [5.41, 5.74) is 4.08. The van der Waals surface area contributed by atoms with E-state index in [0.717, 1.165) is 5.69 Å². The van der Waals surface area contributed by atoms with Crippen molar-refractivity contribution in [3.05, 3.63) is 75.2 Å². The summed E-state index contributed by atoms with van der Waals surface area (Å²) in [5.74, 6) is 0.249. The molecule has 0 aliphatic heterocycles. The van der Waals surface area contributed by atoms with Crippen molar-refractivity contribution >= 4 is 22.9 Å². The van der Waals surface area contributed by atoms with Crippen LogP contribution in [0.4, 0.5) is 5.69 Å². The second kappa shape index (κ2) is 8.62. The van der Waals surface area contributed by atoms with Crippen LogP contribution in [0.25, 0.3) is 11.4 Å². The summed E-state index contributed by atoms with van der Waals surface area (Å²) >= 11 is 1.49. The number of nitrogens with one attached hydrogen (secondary N) is 2. The Bertz CT molecular complexity index is 1220. The molecule has 152 valence electrons. The van der Waals surface area contributed by atoms with Gasteiger partial charge < -0.3 is 14.8 Å². The molecule has 0 bridgehead atoms. The Morgan fingerprint density at radius 2 is 2.13 bits per heavy atom. The highest BCUT2D eigenvalue weighted by atomic mass is 32.1. The number of methoxy groups -OCH3 is 1. The Morgan fingerprint density at radius 1 is 1.23 bits per heavy atom. The van der Waals surface area contributed by atoms with E-state index in [9.17, 15) is 9.59 Å². The highest BCUT2D eigenvalue weighted by Crippen LogP contribution is 2.29. The average Bonchev–Trinajstić information content (AvgIpc) is 3.44. The van der Waals surface area contributed by atoms with E-state index in [4.69, 9.17) is 9.47 Å². The topological polar surface area (TPSA) is 119 Å². The van der Waals surface area contributed by atoms with E-state index in [2.05, 4.69) is 25.0 Å². The first-order valence-corrected chi connectivity index (χ1v) is 9.72. The minimum Gasteiger partial charge on any atom is -0.493 e. The number of hydrogen-bond acceptors (Lipinski definition) is 8. The van der Waals surface area contributed by atoms with Gasteiger partial charge in [-0.1, -0.05) is 17.3 Å². The maximum Gasteiger partial charge on any atom is 0.439 e. The lowest BCUT2D eigenvalue weighted by atomic mass is 10.1. The van der Waals surface area contributed by atoms with E-state index in [1.165, 1.54) is 18.4 Å². The van der Waals surface area contributed by atoms with Crippen molar-refractivity contribution < 1.29 is 18.8 Å². The maximum absolute atomic E-state index is 12.7. The highest BCUT2D eigenvalue weighted by Gasteiger charge is 2.13. The summed E-state index contributed by atoms with van der Waals surface area (Å²) < 4.78 is 15.6. The van der Waals surface area contributed by atoms with Crippen LogP contribution in [0.1, 0.15) is 16.1 Å². The van der Waals surface area contributed by atoms with Crippen molar-refractivity contribution in [1.29, 1.82) is 0 Å². The van der Waals surface area contributed by atoms with Crippen LogP contribution in [0.2, 0.25) is 0 Å². The molecule has 0 unspecified atom stereocenters. The van der Waals surface area contributed by atoms with E-state index in [1.54, 1.807) is 48.0 Å². The monoisotopic (exact) mass is 424 g/mol. The Hall–Kier alpha value is -3.92. The number of carbonyl (C=O) groups is 1. The van der Waals surface area contributed by atoms with Crippen LogP contribution in [-0.4, -0.2) is 28.1 Å². The predicted octanol–water partition coefficient (Wildman–Crippen LogP) is 3.33. The molecule has 1 amide bonds. The highest BCUT2D eigenvalue weighted by molar-refractivity contribution is 7.07. The predicted molar refractivity (Wildman–Crippen MR) is 110 cm³/mol. The summed E-state index contributed by atoms with van der Waals surface area (Å²) in [6, 6.07) is 11.8. The molecule has 10 heteroatoms. The third-order valence-electron chi connectivity index (χ3n) is 4.12. The molecular formula is C20H16N4O5S. The van der Waals surface area contributed by atoms with E-state index in [0.29, 0.717) is 34.9 Å². The zero-order valence-corrected chi connectivity index (χ0v) is 16.6. The molecule has 2 N–H and O–H groups in total. The summed E-state index contributed by atoms with van der Waals surface area (Å²) in [6.07, 6.45) is 0. The molecule has 4 rings (SSSR count). The largest absolute Gasteiger partial charge is 0.493 e. The standard InChI is InChI=1S/C20H16N4O5S/c1-27-17-8-13(5-6-16(17)28-9-15-10-30-11-21-15)19(25)22-14-4-2-3-12(7-14)18-23-20(26)29-24-18/h2-8,10-11H,9H2,1H3,(H,22,25)(H,23,24,26). The maximum atomic E-state index is 12.7. The third-order valence-corrected chi connectivity index (χ3v) is 4.75. The molecule has 0 fully saturated rings. The number of amides is 1. The Balaban J connectivity index is 1.48. The molecule has 2 aromatic heterocycles. The fraction of sp³-hybridized carbons (Fsp3) is 0.100. The van der Waals surface area contributed by atoms with Crippen LogP contribution >= 0.6 is 11.3 Å². The van der Waals surface area contributed by atoms with Gasteiger partial charge in [-0.3, -0.25) is 14.3 Å². The van der Waals surface area contributed by atoms with Gasteiger partial charge in [0.05, 0.1) is 18.3 Å². The van der Waals surface area contributed by atoms with E-state index in [-0.39, 0.29) is 11.7 Å². The normalized spacial score (nSPS) is 10.6. The van der Waals surface area contributed by atoms with Crippen LogP contribution in [0.15, 0.2) is 62.7 Å². The van der Waals surface area contributed by atoms with Crippen molar-refractivity contribution in [2.24, 2.45) is 0 Å². The summed E-state index contributed by atoms with van der Waals surface area (Å²) in [7, 11) is 1.51. The number of hydrogen-bond donors (Lipinski definition) is 2. The third kappa shape index (κ3) is 4.39. The lowest BCUT2D eigenvalue weighted by Gasteiger charge is -2.12. The molecule has 2 heterocycles. The van der Waals surface area contributed by atoms with E-state index < -0.39 is 5.76 Å². The molecule has 0 saturated carbocycles. The number of anilines is 1. The van der Waals surface area contributed by atoms with Crippen molar-refractivity contribution in [2.45, 2.75) is 6.61 Å². The quantitative estimate of drug-likeness (QED) is 0.467. The number of benzene rings is 2. The molecule has 4 aromatic rings. The molecule has 2 aromatic carbocycles. The number of rotatable bonds is 7. The van der Waals surface area contributed by atoms with Crippen molar-refractivity contribution in [2.75, 3.05) is 12.4 Å². The molecule has 0 saturated heterocycles. The molecule has 0 aliphatic rings. The molecule has 0 spiro atoms. The molecule has 0 radical (unpaired) electrons. The first-order chi connectivity index (χ1) is 14.6. The number of H-pyrrole nitrogens is 1. The van der Waals surface area contributed by atoms with Gasteiger partial charge in [-0.15, -0.1) is 11.3 Å². The zero-order valence-electron chi connectivity index (χ0n) is 15.7. The van der Waals surface area contributed by atoms with Gasteiger partial charge >= 0.3 is 5.76 Å². The van der Waals surface area contributed by atoms with Gasteiger partial charge in [-0.05, 0) is 30.3 Å². The van der Waals surface area contributed by atoms with E-state index in [1.807, 2.05) is 5.38 Å². The summed E-state index contributed by atoms with van der Waals surface area (Å²) in [5, 5.41) is 8.35. The number of thiazole rings is 1. The lowest BCUT2D eigenvalue weighted by molar-refractivity contribution is 0.102. The Kier molecular flexibility index (Phi) is 5.57. The first kappa shape index (κ1) is 19.4. The lowest BCUT2D eigenvalue weighted by Crippen LogP contribution is -2.12. The smallest absolute Gasteiger partial charge is 0.439 e. The molecular weight excluding hydrogens is 408 g/mol. The van der Waals surface area contributed by atoms with Crippen LogP contribution in [-0.2, 0) is 6.61 Å². The Morgan fingerprint density at radius 3 is 2.87 bits per heavy atom.